The highest BCUT2D eigenvalue weighted by atomic mass is 32.2. The number of nitrogens with two attached hydrogens (primary N) is 1. The third-order valence-corrected chi connectivity index (χ3v) is 4.73. The lowest BCUT2D eigenvalue weighted by Gasteiger charge is -2.16. The second-order valence-electron chi connectivity index (χ2n) is 6.20. The van der Waals surface area contributed by atoms with Crippen molar-refractivity contribution < 1.29 is 13.2 Å². The summed E-state index contributed by atoms with van der Waals surface area (Å²) < 4.78 is 22.4. The van der Waals surface area contributed by atoms with Gasteiger partial charge in [0, 0.05) is 11.4 Å². The van der Waals surface area contributed by atoms with Crippen LogP contribution in [0.4, 0.5) is 11.4 Å². The van der Waals surface area contributed by atoms with E-state index in [1.54, 1.807) is 6.92 Å². The summed E-state index contributed by atoms with van der Waals surface area (Å²) in [6.45, 7) is 6.00. The summed E-state index contributed by atoms with van der Waals surface area (Å²) >= 11 is 0. The van der Waals surface area contributed by atoms with E-state index in [1.807, 2.05) is 24.3 Å². The van der Waals surface area contributed by atoms with Crippen LogP contribution in [0.25, 0.3) is 0 Å². The highest BCUT2D eigenvalue weighted by Gasteiger charge is 2.14. The fourth-order valence-corrected chi connectivity index (χ4v) is 2.77. The average molecular weight is 361 g/mol. The molecule has 0 fully saturated rings. The molecular formula is C18H23N3O3S. The van der Waals surface area contributed by atoms with Crippen molar-refractivity contribution in [3.63, 3.8) is 0 Å². The van der Waals surface area contributed by atoms with Crippen LogP contribution in [0.1, 0.15) is 32.3 Å². The number of primary sulfonamides is 1. The summed E-state index contributed by atoms with van der Waals surface area (Å²) in [4.78, 5) is 12.3. The van der Waals surface area contributed by atoms with Crippen molar-refractivity contribution in [2.24, 2.45) is 5.14 Å². The van der Waals surface area contributed by atoms with Crippen LogP contribution >= 0.6 is 0 Å². The van der Waals surface area contributed by atoms with E-state index in [4.69, 9.17) is 5.14 Å². The van der Waals surface area contributed by atoms with Gasteiger partial charge in [0.25, 0.3) is 0 Å². The molecule has 0 saturated carbocycles. The van der Waals surface area contributed by atoms with Gasteiger partial charge in [-0.2, -0.15) is 0 Å². The van der Waals surface area contributed by atoms with Gasteiger partial charge in [0.05, 0.1) is 4.90 Å². The van der Waals surface area contributed by atoms with Gasteiger partial charge in [-0.25, -0.2) is 13.6 Å². The Labute approximate surface area is 148 Å². The summed E-state index contributed by atoms with van der Waals surface area (Å²) in [6.07, 6.45) is 0. The minimum atomic E-state index is -3.74. The zero-order chi connectivity index (χ0) is 18.6. The lowest BCUT2D eigenvalue weighted by atomic mass is 10.0. The average Bonchev–Trinajstić information content (AvgIpc) is 2.55. The molecule has 1 amide bonds. The van der Waals surface area contributed by atoms with Crippen molar-refractivity contribution in [1.29, 1.82) is 0 Å². The molecule has 6 nitrogen and oxygen atoms in total. The van der Waals surface area contributed by atoms with Crippen molar-refractivity contribution in [2.45, 2.75) is 37.6 Å². The molecule has 25 heavy (non-hydrogen) atoms. The molecule has 0 aliphatic carbocycles. The topological polar surface area (TPSA) is 101 Å². The first kappa shape index (κ1) is 19.0. The molecule has 0 aliphatic heterocycles. The van der Waals surface area contributed by atoms with Crippen molar-refractivity contribution in [3.8, 4) is 0 Å². The van der Waals surface area contributed by atoms with E-state index >= 15 is 0 Å². The Bertz CT molecular complexity index is 829. The first-order chi connectivity index (χ1) is 11.7. The molecule has 134 valence electrons. The molecule has 1 unspecified atom stereocenters. The summed E-state index contributed by atoms with van der Waals surface area (Å²) in [6, 6.07) is 13.2. The highest BCUT2D eigenvalue weighted by molar-refractivity contribution is 7.89. The second-order valence-corrected chi connectivity index (χ2v) is 7.76. The van der Waals surface area contributed by atoms with E-state index in [2.05, 4.69) is 24.5 Å². The number of carbonyl (C=O) groups is 1. The molecule has 2 rings (SSSR count). The van der Waals surface area contributed by atoms with Gasteiger partial charge in [-0.1, -0.05) is 26.0 Å². The van der Waals surface area contributed by atoms with E-state index in [0.29, 0.717) is 11.6 Å². The predicted molar refractivity (Wildman–Crippen MR) is 100 cm³/mol. The molecule has 0 bridgehead atoms. The molecule has 0 aromatic heterocycles. The monoisotopic (exact) mass is 361 g/mol. The predicted octanol–water partition coefficient (Wildman–Crippen LogP) is 2.90. The van der Waals surface area contributed by atoms with Crippen LogP contribution in [0, 0.1) is 0 Å². The van der Waals surface area contributed by atoms with Crippen molar-refractivity contribution in [1.82, 2.24) is 0 Å². The second kappa shape index (κ2) is 7.67. The fraction of sp³-hybridized carbons (Fsp3) is 0.278. The Balaban J connectivity index is 1.98. The van der Waals surface area contributed by atoms with Gasteiger partial charge in [-0.05, 0) is 54.8 Å². The maximum absolute atomic E-state index is 12.3. The van der Waals surface area contributed by atoms with E-state index < -0.39 is 16.1 Å². The number of hydrogen-bond donors (Lipinski definition) is 3. The Morgan fingerprint density at radius 1 is 0.920 bits per heavy atom. The third kappa shape index (κ3) is 5.30. The quantitative estimate of drug-likeness (QED) is 0.736. The number of hydrogen-bond acceptors (Lipinski definition) is 4. The van der Waals surface area contributed by atoms with Gasteiger partial charge >= 0.3 is 0 Å². The molecule has 1 atom stereocenters. The van der Waals surface area contributed by atoms with Crippen LogP contribution in [0.2, 0.25) is 0 Å². The van der Waals surface area contributed by atoms with Crippen LogP contribution in [0.15, 0.2) is 53.4 Å². The Morgan fingerprint density at radius 3 is 1.92 bits per heavy atom. The van der Waals surface area contributed by atoms with Gasteiger partial charge in [-0.3, -0.25) is 4.79 Å². The summed E-state index contributed by atoms with van der Waals surface area (Å²) in [5.41, 5.74) is 2.59. The fourth-order valence-electron chi connectivity index (χ4n) is 2.26. The number of sulfonamides is 1. The molecule has 4 N–H and O–H groups in total. The number of rotatable bonds is 6. The van der Waals surface area contributed by atoms with Crippen LogP contribution in [0.5, 0.6) is 0 Å². The molecule has 0 radical (unpaired) electrons. The van der Waals surface area contributed by atoms with Crippen LogP contribution in [-0.2, 0) is 14.8 Å². The van der Waals surface area contributed by atoms with Gasteiger partial charge in [-0.15, -0.1) is 0 Å². The molecule has 2 aromatic rings. The molecule has 0 spiro atoms. The summed E-state index contributed by atoms with van der Waals surface area (Å²) in [7, 11) is -3.74. The van der Waals surface area contributed by atoms with E-state index in [9.17, 15) is 13.2 Å². The van der Waals surface area contributed by atoms with Gasteiger partial charge in [0.15, 0.2) is 0 Å². The number of nitrogens with one attached hydrogen (secondary N) is 2. The van der Waals surface area contributed by atoms with Gasteiger partial charge in [0.2, 0.25) is 15.9 Å². The Kier molecular flexibility index (Phi) is 5.81. The third-order valence-electron chi connectivity index (χ3n) is 3.80. The van der Waals surface area contributed by atoms with Crippen LogP contribution in [0.3, 0.4) is 0 Å². The Hall–Kier alpha value is -2.38. The number of anilines is 2. The zero-order valence-electron chi connectivity index (χ0n) is 14.5. The first-order valence-corrected chi connectivity index (χ1v) is 9.51. The molecule has 0 heterocycles. The lowest BCUT2D eigenvalue weighted by Crippen LogP contribution is -2.31. The number of amides is 1. The maximum Gasteiger partial charge on any atom is 0.246 e. The lowest BCUT2D eigenvalue weighted by molar-refractivity contribution is -0.116. The minimum absolute atomic E-state index is 0.00177. The van der Waals surface area contributed by atoms with Crippen molar-refractivity contribution in [3.05, 3.63) is 54.1 Å². The van der Waals surface area contributed by atoms with Crippen LogP contribution in [-0.4, -0.2) is 20.4 Å². The molecular weight excluding hydrogens is 338 g/mol. The smallest absolute Gasteiger partial charge is 0.246 e. The highest BCUT2D eigenvalue weighted by Crippen LogP contribution is 2.18. The normalized spacial score (nSPS) is 12.7. The summed E-state index contributed by atoms with van der Waals surface area (Å²) in [5.74, 6) is 0.228. The molecule has 2 aromatic carbocycles. The molecule has 0 aliphatic rings. The van der Waals surface area contributed by atoms with Crippen molar-refractivity contribution >= 4 is 27.3 Å². The SMILES string of the molecule is CC(Nc1ccc(C(C)C)cc1)C(=O)Nc1ccc(S(N)(=O)=O)cc1. The maximum atomic E-state index is 12.3. The summed E-state index contributed by atoms with van der Waals surface area (Å²) in [5, 5.41) is 10.9. The standard InChI is InChI=1S/C18H23N3O3S/c1-12(2)14-4-6-15(7-5-14)20-13(3)18(22)21-16-8-10-17(11-9-16)25(19,23)24/h4-13,20H,1-3H3,(H,21,22)(H2,19,23,24). The zero-order valence-corrected chi connectivity index (χ0v) is 15.3. The largest absolute Gasteiger partial charge is 0.374 e. The number of benzene rings is 2. The molecule has 7 heteroatoms. The minimum Gasteiger partial charge on any atom is -0.374 e. The Morgan fingerprint density at radius 2 is 1.44 bits per heavy atom. The van der Waals surface area contributed by atoms with E-state index in [-0.39, 0.29) is 10.8 Å². The van der Waals surface area contributed by atoms with Gasteiger partial charge in [0.1, 0.15) is 6.04 Å². The van der Waals surface area contributed by atoms with Crippen LogP contribution < -0.4 is 15.8 Å². The first-order valence-electron chi connectivity index (χ1n) is 7.97. The van der Waals surface area contributed by atoms with E-state index in [1.165, 1.54) is 29.8 Å². The molecule has 0 saturated heterocycles. The van der Waals surface area contributed by atoms with Gasteiger partial charge < -0.3 is 10.6 Å². The van der Waals surface area contributed by atoms with Crippen molar-refractivity contribution in [2.75, 3.05) is 10.6 Å². The number of carbonyl (C=O) groups excluding carboxylic acids is 1. The van der Waals surface area contributed by atoms with E-state index in [0.717, 1.165) is 5.69 Å².